The second-order valence-electron chi connectivity index (χ2n) is 5.99. The first-order valence-electron chi connectivity index (χ1n) is 7.51. The molecule has 2 fully saturated rings. The molecule has 8 heteroatoms. The van der Waals surface area contributed by atoms with Crippen LogP contribution in [0.1, 0.15) is 12.8 Å². The highest BCUT2D eigenvalue weighted by Gasteiger charge is 2.40. The molecule has 126 valence electrons. The van der Waals surface area contributed by atoms with Crippen LogP contribution in [0.25, 0.3) is 0 Å². The minimum absolute atomic E-state index is 0.0835. The SMILES string of the molecule is O=C(C1CC[S+]([O-])C1)N1CCC(S(=O)(=O)c2ccc(F)cc2)C1. The summed E-state index contributed by atoms with van der Waals surface area (Å²) < 4.78 is 49.5. The van der Waals surface area contributed by atoms with E-state index in [2.05, 4.69) is 0 Å². The second kappa shape index (κ2) is 6.41. The molecule has 1 amide bonds. The summed E-state index contributed by atoms with van der Waals surface area (Å²) in [5.74, 6) is 0.101. The van der Waals surface area contributed by atoms with E-state index in [0.717, 1.165) is 12.1 Å². The summed E-state index contributed by atoms with van der Waals surface area (Å²) in [6.45, 7) is 0.550. The Hall–Kier alpha value is -1.12. The molecule has 0 bridgehead atoms. The van der Waals surface area contributed by atoms with Gasteiger partial charge in [0.2, 0.25) is 5.91 Å². The standard InChI is InChI=1S/C15H18FNO4S2/c16-12-1-3-13(4-2-12)23(20,21)14-5-7-17(9-14)15(18)11-6-8-22(19)10-11/h1-4,11,14H,5-10H2. The van der Waals surface area contributed by atoms with Gasteiger partial charge in [0.25, 0.3) is 0 Å². The summed E-state index contributed by atoms with van der Waals surface area (Å²) in [6.07, 6.45) is 0.985. The van der Waals surface area contributed by atoms with Crippen LogP contribution in [0.5, 0.6) is 0 Å². The number of rotatable bonds is 3. The first kappa shape index (κ1) is 16.7. The van der Waals surface area contributed by atoms with E-state index in [4.69, 9.17) is 0 Å². The van der Waals surface area contributed by atoms with E-state index in [1.807, 2.05) is 0 Å². The Kier molecular flexibility index (Phi) is 4.66. The Bertz CT molecular complexity index is 692. The van der Waals surface area contributed by atoms with Gasteiger partial charge in [0.05, 0.1) is 16.1 Å². The third-order valence-electron chi connectivity index (χ3n) is 4.47. The Morgan fingerprint density at radius 2 is 1.96 bits per heavy atom. The Labute approximate surface area is 138 Å². The number of nitrogens with zero attached hydrogens (tertiary/aromatic N) is 1. The minimum atomic E-state index is -3.58. The molecule has 5 nitrogen and oxygen atoms in total. The van der Waals surface area contributed by atoms with Crippen molar-refractivity contribution in [1.29, 1.82) is 0 Å². The summed E-state index contributed by atoms with van der Waals surface area (Å²) in [6, 6.07) is 4.77. The first-order valence-corrected chi connectivity index (χ1v) is 10.5. The molecule has 0 aromatic heterocycles. The molecule has 2 aliphatic heterocycles. The maximum absolute atomic E-state index is 13.0. The number of carbonyl (C=O) groups excluding carboxylic acids is 1. The molecule has 3 atom stereocenters. The maximum Gasteiger partial charge on any atom is 0.230 e. The molecule has 23 heavy (non-hydrogen) atoms. The number of hydrogen-bond acceptors (Lipinski definition) is 4. The van der Waals surface area contributed by atoms with Crippen LogP contribution in [0.4, 0.5) is 4.39 Å². The average Bonchev–Trinajstić information content (AvgIpc) is 3.16. The molecule has 3 rings (SSSR count). The zero-order valence-corrected chi connectivity index (χ0v) is 14.1. The smallest absolute Gasteiger partial charge is 0.230 e. The lowest BCUT2D eigenvalue weighted by Crippen LogP contribution is -2.36. The van der Waals surface area contributed by atoms with Crippen molar-refractivity contribution in [3.05, 3.63) is 30.1 Å². The fourth-order valence-electron chi connectivity index (χ4n) is 3.12. The van der Waals surface area contributed by atoms with Crippen molar-refractivity contribution < 1.29 is 22.2 Å². The number of benzene rings is 1. The monoisotopic (exact) mass is 359 g/mol. The van der Waals surface area contributed by atoms with Gasteiger partial charge < -0.3 is 9.45 Å². The second-order valence-corrected chi connectivity index (χ2v) is 9.84. The van der Waals surface area contributed by atoms with E-state index < -0.39 is 32.1 Å². The van der Waals surface area contributed by atoms with Gasteiger partial charge in [-0.05, 0) is 30.7 Å². The molecule has 0 aliphatic carbocycles. The van der Waals surface area contributed by atoms with Crippen LogP contribution < -0.4 is 0 Å². The van der Waals surface area contributed by atoms with Gasteiger partial charge in [0.1, 0.15) is 17.3 Å². The van der Waals surface area contributed by atoms with Gasteiger partial charge in [0.15, 0.2) is 9.84 Å². The zero-order valence-electron chi connectivity index (χ0n) is 12.5. The summed E-state index contributed by atoms with van der Waals surface area (Å²) in [5.41, 5.74) is 0. The first-order chi connectivity index (χ1) is 10.9. The Balaban J connectivity index is 1.69. The van der Waals surface area contributed by atoms with Gasteiger partial charge in [-0.25, -0.2) is 12.8 Å². The number of carbonyl (C=O) groups is 1. The van der Waals surface area contributed by atoms with Crippen LogP contribution in [-0.4, -0.2) is 53.6 Å². The molecule has 2 saturated heterocycles. The number of sulfone groups is 1. The summed E-state index contributed by atoms with van der Waals surface area (Å²) in [4.78, 5) is 14.0. The van der Waals surface area contributed by atoms with E-state index in [1.54, 1.807) is 4.90 Å². The van der Waals surface area contributed by atoms with Gasteiger partial charge >= 0.3 is 0 Å². The van der Waals surface area contributed by atoms with Gasteiger partial charge in [-0.15, -0.1) is 0 Å². The quantitative estimate of drug-likeness (QED) is 0.595. The summed E-state index contributed by atoms with van der Waals surface area (Å²) in [7, 11) is -3.58. The van der Waals surface area contributed by atoms with Crippen LogP contribution in [0, 0.1) is 11.7 Å². The van der Waals surface area contributed by atoms with Crippen molar-refractivity contribution in [3.8, 4) is 0 Å². The molecule has 2 aliphatic rings. The molecule has 0 radical (unpaired) electrons. The predicted octanol–water partition coefficient (Wildman–Crippen LogP) is 0.969. The molecule has 0 saturated carbocycles. The van der Waals surface area contributed by atoms with Crippen LogP contribution in [0.2, 0.25) is 0 Å². The topological polar surface area (TPSA) is 77.5 Å². The third kappa shape index (κ3) is 3.39. The minimum Gasteiger partial charge on any atom is -0.616 e. The lowest BCUT2D eigenvalue weighted by Gasteiger charge is -2.19. The molecular formula is C15H18FNO4S2. The van der Waals surface area contributed by atoms with Crippen molar-refractivity contribution in [1.82, 2.24) is 4.90 Å². The van der Waals surface area contributed by atoms with E-state index in [1.165, 1.54) is 12.1 Å². The molecular weight excluding hydrogens is 341 g/mol. The molecule has 1 aromatic carbocycles. The van der Waals surface area contributed by atoms with Crippen LogP contribution in [0.15, 0.2) is 29.2 Å². The Morgan fingerprint density at radius 3 is 2.57 bits per heavy atom. The Morgan fingerprint density at radius 1 is 1.26 bits per heavy atom. The van der Waals surface area contributed by atoms with Gasteiger partial charge in [-0.1, -0.05) is 11.2 Å². The average molecular weight is 359 g/mol. The highest BCUT2D eigenvalue weighted by molar-refractivity contribution is 7.92. The molecule has 3 unspecified atom stereocenters. The van der Waals surface area contributed by atoms with Gasteiger partial charge in [-0.3, -0.25) is 4.79 Å². The van der Waals surface area contributed by atoms with Gasteiger partial charge in [0, 0.05) is 19.5 Å². The van der Waals surface area contributed by atoms with Crippen molar-refractivity contribution in [2.75, 3.05) is 24.6 Å². The fourth-order valence-corrected chi connectivity index (χ4v) is 6.28. The summed E-state index contributed by atoms with van der Waals surface area (Å²) in [5, 5.41) is -0.663. The lowest BCUT2D eigenvalue weighted by molar-refractivity contribution is -0.133. The van der Waals surface area contributed by atoms with Crippen molar-refractivity contribution >= 4 is 26.9 Å². The van der Waals surface area contributed by atoms with Gasteiger partial charge in [-0.2, -0.15) is 0 Å². The number of amides is 1. The van der Waals surface area contributed by atoms with E-state index in [-0.39, 0.29) is 23.3 Å². The molecule has 0 spiro atoms. The van der Waals surface area contributed by atoms with Crippen molar-refractivity contribution in [2.24, 2.45) is 5.92 Å². The largest absolute Gasteiger partial charge is 0.616 e. The van der Waals surface area contributed by atoms with Crippen LogP contribution in [-0.2, 0) is 25.8 Å². The number of likely N-dealkylation sites (tertiary alicyclic amines) is 1. The van der Waals surface area contributed by atoms with E-state index >= 15 is 0 Å². The van der Waals surface area contributed by atoms with E-state index in [0.29, 0.717) is 30.9 Å². The third-order valence-corrected chi connectivity index (χ3v) is 8.12. The highest BCUT2D eigenvalue weighted by atomic mass is 32.2. The molecule has 1 aromatic rings. The number of hydrogen-bond donors (Lipinski definition) is 0. The predicted molar refractivity (Wildman–Crippen MR) is 84.6 cm³/mol. The number of halogens is 1. The normalized spacial score (nSPS) is 28.3. The highest BCUT2D eigenvalue weighted by Crippen LogP contribution is 2.27. The maximum atomic E-state index is 13.0. The molecule has 0 N–H and O–H groups in total. The zero-order chi connectivity index (χ0) is 16.6. The van der Waals surface area contributed by atoms with Crippen LogP contribution in [0.3, 0.4) is 0 Å². The van der Waals surface area contributed by atoms with Crippen molar-refractivity contribution in [3.63, 3.8) is 0 Å². The molecule has 2 heterocycles. The van der Waals surface area contributed by atoms with Crippen LogP contribution >= 0.6 is 0 Å². The van der Waals surface area contributed by atoms with Crippen molar-refractivity contribution in [2.45, 2.75) is 23.0 Å². The lowest BCUT2D eigenvalue weighted by atomic mass is 10.1. The van der Waals surface area contributed by atoms with E-state index in [9.17, 15) is 22.2 Å². The fraction of sp³-hybridized carbons (Fsp3) is 0.533. The summed E-state index contributed by atoms with van der Waals surface area (Å²) >= 11 is -0.933.